The third-order valence-electron chi connectivity index (χ3n) is 3.98. The molecule has 3 rings (SSSR count). The molecule has 1 aliphatic carbocycles. The first kappa shape index (κ1) is 12.3. The Kier molecular flexibility index (Phi) is 3.28. The number of hydrogen-bond acceptors (Lipinski definition) is 3. The number of para-hydroxylation sites is 1. The molecule has 0 saturated carbocycles. The molecule has 1 aromatic carbocycles. The lowest BCUT2D eigenvalue weighted by atomic mass is 10.0. The van der Waals surface area contributed by atoms with Crippen LogP contribution in [0.5, 0.6) is 5.75 Å². The van der Waals surface area contributed by atoms with E-state index >= 15 is 0 Å². The summed E-state index contributed by atoms with van der Waals surface area (Å²) in [5.74, 6) is 0.862. The number of benzene rings is 1. The van der Waals surface area contributed by atoms with Crippen LogP contribution < -0.4 is 10.1 Å². The number of nitrogens with one attached hydrogen (secondary N) is 1. The molecular weight excluding hydrogens is 236 g/mol. The van der Waals surface area contributed by atoms with E-state index in [1.807, 2.05) is 19.2 Å². The molecule has 19 heavy (non-hydrogen) atoms. The molecule has 0 saturated heterocycles. The number of rotatable bonds is 2. The lowest BCUT2D eigenvalue weighted by Crippen LogP contribution is -2.04. The van der Waals surface area contributed by atoms with Crippen molar-refractivity contribution in [1.29, 1.82) is 0 Å². The molecule has 3 nitrogen and oxygen atoms in total. The van der Waals surface area contributed by atoms with Crippen LogP contribution in [0.3, 0.4) is 0 Å². The van der Waals surface area contributed by atoms with Crippen LogP contribution in [-0.4, -0.2) is 19.1 Å². The summed E-state index contributed by atoms with van der Waals surface area (Å²) in [6.45, 7) is 0. The van der Waals surface area contributed by atoms with Crippen molar-refractivity contribution in [3.8, 4) is 5.75 Å². The van der Waals surface area contributed by atoms with Crippen molar-refractivity contribution in [3.63, 3.8) is 0 Å². The first-order valence-corrected chi connectivity index (χ1v) is 7.01. The van der Waals surface area contributed by atoms with Gasteiger partial charge in [0.25, 0.3) is 0 Å². The number of ether oxygens (including phenoxy) is 1. The minimum atomic E-state index is 0.862. The summed E-state index contributed by atoms with van der Waals surface area (Å²) in [5.41, 5.74) is 4.87. The van der Waals surface area contributed by atoms with E-state index in [9.17, 15) is 0 Å². The van der Waals surface area contributed by atoms with E-state index in [1.165, 1.54) is 41.6 Å². The molecule has 0 unspecified atom stereocenters. The van der Waals surface area contributed by atoms with Gasteiger partial charge in [-0.3, -0.25) is 0 Å². The maximum absolute atomic E-state index is 5.46. The molecule has 2 aromatic rings. The van der Waals surface area contributed by atoms with Crippen LogP contribution in [0, 0.1) is 0 Å². The number of aryl methyl sites for hydroxylation is 1. The second-order valence-electron chi connectivity index (χ2n) is 5.08. The molecule has 0 atom stereocenters. The normalized spacial score (nSPS) is 14.8. The predicted molar refractivity (Wildman–Crippen MR) is 79.1 cm³/mol. The first-order valence-electron chi connectivity index (χ1n) is 7.01. The van der Waals surface area contributed by atoms with Crippen molar-refractivity contribution in [2.24, 2.45) is 0 Å². The highest BCUT2D eigenvalue weighted by atomic mass is 16.5. The van der Waals surface area contributed by atoms with Gasteiger partial charge in [0.15, 0.2) is 0 Å². The monoisotopic (exact) mass is 256 g/mol. The van der Waals surface area contributed by atoms with Gasteiger partial charge in [-0.05, 0) is 37.3 Å². The summed E-state index contributed by atoms with van der Waals surface area (Å²) in [7, 11) is 3.71. The number of pyridine rings is 1. The van der Waals surface area contributed by atoms with Gasteiger partial charge in [-0.2, -0.15) is 0 Å². The minimum Gasteiger partial charge on any atom is -0.494 e. The average Bonchev–Trinajstić information content (AvgIpc) is 2.69. The van der Waals surface area contributed by atoms with E-state index in [1.54, 1.807) is 7.11 Å². The quantitative estimate of drug-likeness (QED) is 0.834. The Bertz CT molecular complexity index is 607. The molecule has 1 aromatic heterocycles. The Labute approximate surface area is 114 Å². The second-order valence-corrected chi connectivity index (χ2v) is 5.08. The Morgan fingerprint density at radius 1 is 1.16 bits per heavy atom. The van der Waals surface area contributed by atoms with Crippen LogP contribution in [0.25, 0.3) is 10.9 Å². The van der Waals surface area contributed by atoms with Gasteiger partial charge in [-0.25, -0.2) is 4.98 Å². The van der Waals surface area contributed by atoms with E-state index < -0.39 is 0 Å². The number of methoxy groups -OCH3 is 1. The Hall–Kier alpha value is -1.77. The molecule has 1 heterocycles. The summed E-state index contributed by atoms with van der Waals surface area (Å²) in [6, 6.07) is 6.15. The molecule has 0 amide bonds. The van der Waals surface area contributed by atoms with E-state index in [0.29, 0.717) is 0 Å². The van der Waals surface area contributed by atoms with Gasteiger partial charge in [-0.1, -0.05) is 18.6 Å². The standard InChI is InChI=1S/C16H20N2O/c1-17-15-11-7-4-3-5-9-13(11)18-16-12(15)8-6-10-14(16)19-2/h6,8,10H,3-5,7,9H2,1-2H3,(H,17,18). The molecule has 0 radical (unpaired) electrons. The zero-order valence-electron chi connectivity index (χ0n) is 11.6. The fourth-order valence-corrected chi connectivity index (χ4v) is 3.05. The van der Waals surface area contributed by atoms with Gasteiger partial charge in [0, 0.05) is 23.8 Å². The molecular formula is C16H20N2O. The molecule has 0 aliphatic heterocycles. The van der Waals surface area contributed by atoms with Gasteiger partial charge in [0.2, 0.25) is 0 Å². The first-order chi connectivity index (χ1) is 9.35. The summed E-state index contributed by atoms with van der Waals surface area (Å²) in [6.07, 6.45) is 6.01. The van der Waals surface area contributed by atoms with Crippen LogP contribution in [0.2, 0.25) is 0 Å². The van der Waals surface area contributed by atoms with Crippen molar-refractivity contribution in [2.75, 3.05) is 19.5 Å². The molecule has 0 fully saturated rings. The van der Waals surface area contributed by atoms with Crippen LogP contribution in [0.4, 0.5) is 5.69 Å². The zero-order valence-corrected chi connectivity index (χ0v) is 11.6. The predicted octanol–water partition coefficient (Wildman–Crippen LogP) is 3.55. The SMILES string of the molecule is CNc1c2c(nc3c(OC)cccc13)CCCCC2. The molecule has 0 spiro atoms. The average molecular weight is 256 g/mol. The van der Waals surface area contributed by atoms with Gasteiger partial charge >= 0.3 is 0 Å². The fraction of sp³-hybridized carbons (Fsp3) is 0.438. The number of nitrogens with zero attached hydrogens (tertiary/aromatic N) is 1. The number of anilines is 1. The Morgan fingerprint density at radius 3 is 2.79 bits per heavy atom. The third kappa shape index (κ3) is 2.03. The summed E-state index contributed by atoms with van der Waals surface area (Å²) >= 11 is 0. The molecule has 0 bridgehead atoms. The Morgan fingerprint density at radius 2 is 2.00 bits per heavy atom. The summed E-state index contributed by atoms with van der Waals surface area (Å²) < 4.78 is 5.46. The van der Waals surface area contributed by atoms with Crippen molar-refractivity contribution in [1.82, 2.24) is 4.98 Å². The van der Waals surface area contributed by atoms with Crippen LogP contribution in [0.1, 0.15) is 30.5 Å². The van der Waals surface area contributed by atoms with Crippen LogP contribution in [-0.2, 0) is 12.8 Å². The molecule has 100 valence electrons. The van der Waals surface area contributed by atoms with E-state index in [-0.39, 0.29) is 0 Å². The van der Waals surface area contributed by atoms with E-state index in [2.05, 4.69) is 11.4 Å². The summed E-state index contributed by atoms with van der Waals surface area (Å²) in [4.78, 5) is 4.89. The van der Waals surface area contributed by atoms with Crippen LogP contribution >= 0.6 is 0 Å². The van der Waals surface area contributed by atoms with Crippen LogP contribution in [0.15, 0.2) is 18.2 Å². The number of aromatic nitrogens is 1. The summed E-state index contributed by atoms with van der Waals surface area (Å²) in [5, 5.41) is 4.55. The largest absolute Gasteiger partial charge is 0.494 e. The lowest BCUT2D eigenvalue weighted by molar-refractivity contribution is 0.419. The minimum absolute atomic E-state index is 0.862. The molecule has 1 N–H and O–H groups in total. The highest BCUT2D eigenvalue weighted by molar-refractivity contribution is 5.96. The van der Waals surface area contributed by atoms with Crippen molar-refractivity contribution in [3.05, 3.63) is 29.5 Å². The van der Waals surface area contributed by atoms with E-state index in [4.69, 9.17) is 9.72 Å². The van der Waals surface area contributed by atoms with Gasteiger partial charge in [-0.15, -0.1) is 0 Å². The molecule has 1 aliphatic rings. The number of hydrogen-bond donors (Lipinski definition) is 1. The number of fused-ring (bicyclic) bond motifs is 2. The van der Waals surface area contributed by atoms with Gasteiger partial charge in [0.05, 0.1) is 7.11 Å². The topological polar surface area (TPSA) is 34.2 Å². The maximum Gasteiger partial charge on any atom is 0.145 e. The van der Waals surface area contributed by atoms with Gasteiger partial charge in [0.1, 0.15) is 11.3 Å². The molecule has 3 heteroatoms. The fourth-order valence-electron chi connectivity index (χ4n) is 3.05. The Balaban J connectivity index is 2.32. The van der Waals surface area contributed by atoms with Crippen molar-refractivity contribution < 1.29 is 4.74 Å². The highest BCUT2D eigenvalue weighted by Crippen LogP contribution is 2.35. The van der Waals surface area contributed by atoms with Crippen molar-refractivity contribution in [2.45, 2.75) is 32.1 Å². The van der Waals surface area contributed by atoms with E-state index in [0.717, 1.165) is 24.1 Å². The maximum atomic E-state index is 5.46. The second kappa shape index (κ2) is 5.08. The highest BCUT2D eigenvalue weighted by Gasteiger charge is 2.17. The lowest BCUT2D eigenvalue weighted by Gasteiger charge is -2.16. The van der Waals surface area contributed by atoms with Crippen molar-refractivity contribution >= 4 is 16.6 Å². The zero-order chi connectivity index (χ0) is 13.2. The smallest absolute Gasteiger partial charge is 0.145 e. The van der Waals surface area contributed by atoms with Gasteiger partial charge < -0.3 is 10.1 Å². The third-order valence-corrected chi connectivity index (χ3v) is 3.98.